The molecular weight excluding hydrogens is 242 g/mol. The molecule has 4 heteroatoms. The molecule has 0 saturated heterocycles. The van der Waals surface area contributed by atoms with Crippen LogP contribution in [0.4, 0.5) is 0 Å². The molecular formula is C15H23NO3. The van der Waals surface area contributed by atoms with Crippen molar-refractivity contribution in [2.24, 2.45) is 5.92 Å². The third-order valence-corrected chi connectivity index (χ3v) is 2.96. The Morgan fingerprint density at radius 1 is 1.37 bits per heavy atom. The third kappa shape index (κ3) is 5.75. The van der Waals surface area contributed by atoms with Gasteiger partial charge in [-0.1, -0.05) is 32.0 Å². The zero-order valence-electron chi connectivity index (χ0n) is 11.8. The summed E-state index contributed by atoms with van der Waals surface area (Å²) >= 11 is 0. The van der Waals surface area contributed by atoms with Gasteiger partial charge in [0.1, 0.15) is 5.75 Å². The van der Waals surface area contributed by atoms with Crippen LogP contribution in [0, 0.1) is 12.8 Å². The number of hydrogen-bond donors (Lipinski definition) is 2. The number of para-hydroxylation sites is 1. The molecule has 1 aromatic carbocycles. The molecule has 1 rings (SSSR count). The third-order valence-electron chi connectivity index (χ3n) is 2.96. The van der Waals surface area contributed by atoms with Crippen molar-refractivity contribution in [1.29, 1.82) is 0 Å². The van der Waals surface area contributed by atoms with Crippen molar-refractivity contribution in [2.75, 3.05) is 13.2 Å². The topological polar surface area (TPSA) is 58.6 Å². The Morgan fingerprint density at radius 3 is 2.68 bits per heavy atom. The van der Waals surface area contributed by atoms with Crippen LogP contribution in [-0.4, -0.2) is 30.3 Å². The van der Waals surface area contributed by atoms with Crippen LogP contribution in [0.25, 0.3) is 0 Å². The number of hydrogen-bond acceptors (Lipinski definition) is 3. The van der Waals surface area contributed by atoms with E-state index in [1.165, 1.54) is 0 Å². The Morgan fingerprint density at radius 2 is 2.05 bits per heavy atom. The van der Waals surface area contributed by atoms with Crippen LogP contribution < -0.4 is 10.1 Å². The van der Waals surface area contributed by atoms with Crippen molar-refractivity contribution in [1.82, 2.24) is 5.32 Å². The molecule has 1 atom stereocenters. The van der Waals surface area contributed by atoms with E-state index >= 15 is 0 Å². The molecule has 0 aliphatic carbocycles. The van der Waals surface area contributed by atoms with Crippen LogP contribution in [0.5, 0.6) is 5.75 Å². The van der Waals surface area contributed by atoms with Crippen LogP contribution >= 0.6 is 0 Å². The van der Waals surface area contributed by atoms with Gasteiger partial charge in [0, 0.05) is 6.54 Å². The monoisotopic (exact) mass is 265 g/mol. The van der Waals surface area contributed by atoms with E-state index in [4.69, 9.17) is 4.74 Å². The SMILES string of the molecule is Cc1ccccc1OCCC(=O)NCC(O)C(C)C. The minimum Gasteiger partial charge on any atom is -0.493 e. The zero-order valence-corrected chi connectivity index (χ0v) is 11.8. The Hall–Kier alpha value is -1.55. The van der Waals surface area contributed by atoms with E-state index in [9.17, 15) is 9.90 Å². The predicted molar refractivity (Wildman–Crippen MR) is 75.1 cm³/mol. The van der Waals surface area contributed by atoms with E-state index in [0.717, 1.165) is 11.3 Å². The molecule has 0 aliphatic rings. The van der Waals surface area contributed by atoms with Crippen molar-refractivity contribution in [2.45, 2.75) is 33.3 Å². The lowest BCUT2D eigenvalue weighted by atomic mass is 10.1. The van der Waals surface area contributed by atoms with Crippen molar-refractivity contribution in [3.05, 3.63) is 29.8 Å². The summed E-state index contributed by atoms with van der Waals surface area (Å²) in [5.74, 6) is 0.842. The number of aliphatic hydroxyl groups is 1. The summed E-state index contributed by atoms with van der Waals surface area (Å²) in [5, 5.41) is 12.3. The molecule has 19 heavy (non-hydrogen) atoms. The maximum Gasteiger partial charge on any atom is 0.223 e. The maximum atomic E-state index is 11.5. The normalized spacial score (nSPS) is 12.3. The molecule has 0 aromatic heterocycles. The summed E-state index contributed by atoms with van der Waals surface area (Å²) in [6.07, 6.45) is -0.208. The number of amides is 1. The zero-order chi connectivity index (χ0) is 14.3. The largest absolute Gasteiger partial charge is 0.493 e. The Labute approximate surface area is 114 Å². The highest BCUT2D eigenvalue weighted by Gasteiger charge is 2.10. The molecule has 0 heterocycles. The van der Waals surface area contributed by atoms with Gasteiger partial charge in [0.05, 0.1) is 19.1 Å². The summed E-state index contributed by atoms with van der Waals surface area (Å²) in [6, 6.07) is 7.70. The molecule has 106 valence electrons. The van der Waals surface area contributed by atoms with Crippen molar-refractivity contribution in [3.8, 4) is 5.75 Å². The van der Waals surface area contributed by atoms with Crippen LogP contribution in [0.3, 0.4) is 0 Å². The van der Waals surface area contributed by atoms with Crippen LogP contribution in [0.2, 0.25) is 0 Å². The fourth-order valence-electron chi connectivity index (χ4n) is 1.51. The second-order valence-corrected chi connectivity index (χ2v) is 4.98. The van der Waals surface area contributed by atoms with Crippen LogP contribution in [0.1, 0.15) is 25.8 Å². The summed E-state index contributed by atoms with van der Waals surface area (Å²) in [4.78, 5) is 11.5. The van der Waals surface area contributed by atoms with Gasteiger partial charge in [0.2, 0.25) is 5.91 Å². The first-order valence-corrected chi connectivity index (χ1v) is 6.64. The van der Waals surface area contributed by atoms with Crippen LogP contribution in [-0.2, 0) is 4.79 Å². The lowest BCUT2D eigenvalue weighted by Gasteiger charge is -2.15. The fourth-order valence-corrected chi connectivity index (χ4v) is 1.51. The predicted octanol–water partition coefficient (Wildman–Crippen LogP) is 1.90. The number of ether oxygens (including phenoxy) is 1. The van der Waals surface area contributed by atoms with Gasteiger partial charge < -0.3 is 15.2 Å². The molecule has 4 nitrogen and oxygen atoms in total. The first-order valence-electron chi connectivity index (χ1n) is 6.64. The van der Waals surface area contributed by atoms with Crippen molar-refractivity contribution >= 4 is 5.91 Å². The summed E-state index contributed by atoms with van der Waals surface area (Å²) in [6.45, 7) is 6.43. The van der Waals surface area contributed by atoms with Gasteiger partial charge in [-0.3, -0.25) is 4.79 Å². The van der Waals surface area contributed by atoms with Gasteiger partial charge in [-0.25, -0.2) is 0 Å². The molecule has 0 spiro atoms. The smallest absolute Gasteiger partial charge is 0.223 e. The minimum atomic E-state index is -0.499. The van der Waals surface area contributed by atoms with E-state index in [1.807, 2.05) is 45.0 Å². The average molecular weight is 265 g/mol. The number of rotatable bonds is 7. The summed E-state index contributed by atoms with van der Waals surface area (Å²) < 4.78 is 5.54. The first kappa shape index (κ1) is 15.5. The Kier molecular flexibility index (Phi) is 6.36. The van der Waals surface area contributed by atoms with Gasteiger partial charge in [0.25, 0.3) is 0 Å². The maximum absolute atomic E-state index is 11.5. The van der Waals surface area contributed by atoms with Gasteiger partial charge in [-0.05, 0) is 24.5 Å². The number of aryl methyl sites for hydroxylation is 1. The van der Waals surface area contributed by atoms with Gasteiger partial charge in [-0.15, -0.1) is 0 Å². The minimum absolute atomic E-state index is 0.103. The second kappa shape index (κ2) is 7.79. The highest BCUT2D eigenvalue weighted by atomic mass is 16.5. The number of nitrogens with one attached hydrogen (secondary N) is 1. The van der Waals surface area contributed by atoms with E-state index < -0.39 is 6.10 Å². The van der Waals surface area contributed by atoms with Gasteiger partial charge in [-0.2, -0.15) is 0 Å². The molecule has 0 aliphatic heterocycles. The standard InChI is InChI=1S/C15H23NO3/c1-11(2)13(17)10-16-15(18)8-9-19-14-7-5-4-6-12(14)3/h4-7,11,13,17H,8-10H2,1-3H3,(H,16,18). The van der Waals surface area contributed by atoms with E-state index in [-0.39, 0.29) is 11.8 Å². The number of carbonyl (C=O) groups excluding carboxylic acids is 1. The first-order chi connectivity index (χ1) is 9.00. The molecule has 2 N–H and O–H groups in total. The van der Waals surface area contributed by atoms with E-state index in [1.54, 1.807) is 0 Å². The summed E-state index contributed by atoms with van der Waals surface area (Å²) in [5.41, 5.74) is 1.05. The van der Waals surface area contributed by atoms with Gasteiger partial charge in [0.15, 0.2) is 0 Å². The van der Waals surface area contributed by atoms with Crippen LogP contribution in [0.15, 0.2) is 24.3 Å². The van der Waals surface area contributed by atoms with E-state index in [0.29, 0.717) is 19.6 Å². The second-order valence-electron chi connectivity index (χ2n) is 4.98. The molecule has 1 aromatic rings. The van der Waals surface area contributed by atoms with Crippen molar-refractivity contribution < 1.29 is 14.6 Å². The highest BCUT2D eigenvalue weighted by Crippen LogP contribution is 2.16. The molecule has 1 unspecified atom stereocenters. The number of benzene rings is 1. The molecule has 0 radical (unpaired) electrons. The molecule has 0 saturated carbocycles. The fraction of sp³-hybridized carbons (Fsp3) is 0.533. The number of carbonyl (C=O) groups is 1. The Bertz CT molecular complexity index is 404. The summed E-state index contributed by atoms with van der Waals surface area (Å²) in [7, 11) is 0. The lowest BCUT2D eigenvalue weighted by Crippen LogP contribution is -2.35. The van der Waals surface area contributed by atoms with E-state index in [2.05, 4.69) is 5.32 Å². The molecule has 0 bridgehead atoms. The average Bonchev–Trinajstić information content (AvgIpc) is 2.38. The quantitative estimate of drug-likeness (QED) is 0.791. The highest BCUT2D eigenvalue weighted by molar-refractivity contribution is 5.76. The van der Waals surface area contributed by atoms with Gasteiger partial charge >= 0.3 is 0 Å². The molecule has 1 amide bonds. The lowest BCUT2D eigenvalue weighted by molar-refractivity contribution is -0.122. The Balaban J connectivity index is 2.23. The van der Waals surface area contributed by atoms with Crippen molar-refractivity contribution in [3.63, 3.8) is 0 Å². The number of aliphatic hydroxyl groups excluding tert-OH is 1. The molecule has 0 fully saturated rings.